The van der Waals surface area contributed by atoms with Crippen LogP contribution in [0.4, 0.5) is 4.79 Å². The first-order valence-electron chi connectivity index (χ1n) is 16.3. The Morgan fingerprint density at radius 2 is 1.96 bits per heavy atom. The minimum Gasteiger partial charge on any atom is -0.488 e. The van der Waals surface area contributed by atoms with Gasteiger partial charge in [0.2, 0.25) is 11.8 Å². The molecule has 1 saturated carbocycles. The number of rotatable bonds is 6. The average Bonchev–Trinajstić information content (AvgIpc) is 3.64. The minimum atomic E-state index is -1.48. The Kier molecular flexibility index (Phi) is 9.21. The van der Waals surface area contributed by atoms with E-state index in [1.54, 1.807) is 13.8 Å². The topological polar surface area (TPSA) is 147 Å². The fourth-order valence-corrected chi connectivity index (χ4v) is 6.49. The first-order chi connectivity index (χ1) is 23.1. The van der Waals surface area contributed by atoms with Crippen LogP contribution in [0.15, 0.2) is 73.3 Å². The third-order valence-electron chi connectivity index (χ3n) is 9.30. The second kappa shape index (κ2) is 13.5. The van der Waals surface area contributed by atoms with Gasteiger partial charge in [-0.2, -0.15) is 0 Å². The van der Waals surface area contributed by atoms with Crippen molar-refractivity contribution in [3.05, 3.63) is 78.9 Å². The predicted octanol–water partition coefficient (Wildman–Crippen LogP) is 4.95. The van der Waals surface area contributed by atoms with E-state index in [0.29, 0.717) is 24.3 Å². The molecule has 2 aliphatic heterocycles. The van der Waals surface area contributed by atoms with Gasteiger partial charge in [-0.15, -0.1) is 6.58 Å². The number of cyclic esters (lactones) is 1. The van der Waals surface area contributed by atoms with Gasteiger partial charge in [0.05, 0.1) is 24.4 Å². The zero-order valence-electron chi connectivity index (χ0n) is 27.1. The summed E-state index contributed by atoms with van der Waals surface area (Å²) in [7, 11) is 0. The van der Waals surface area contributed by atoms with Crippen LogP contribution in [0, 0.1) is 11.8 Å². The van der Waals surface area contributed by atoms with Crippen LogP contribution in [0.3, 0.4) is 0 Å². The number of ether oxygens (including phenoxy) is 2. The molecule has 1 saturated heterocycles. The van der Waals surface area contributed by atoms with E-state index in [9.17, 15) is 24.3 Å². The summed E-state index contributed by atoms with van der Waals surface area (Å²) in [6.07, 6.45) is 5.73. The van der Waals surface area contributed by atoms with Gasteiger partial charge in [0.15, 0.2) is 0 Å². The molecular weight excluding hydrogens is 612 g/mol. The van der Waals surface area contributed by atoms with Gasteiger partial charge in [-0.25, -0.2) is 14.6 Å². The Balaban J connectivity index is 1.40. The van der Waals surface area contributed by atoms with Crippen molar-refractivity contribution in [2.45, 2.75) is 63.3 Å². The molecule has 250 valence electrons. The molecule has 2 aromatic carbocycles. The number of hydrogen-bond acceptors (Lipinski definition) is 7. The van der Waals surface area contributed by atoms with Gasteiger partial charge >= 0.3 is 12.1 Å². The van der Waals surface area contributed by atoms with Crippen molar-refractivity contribution in [1.29, 1.82) is 0 Å². The Morgan fingerprint density at radius 3 is 2.67 bits per heavy atom. The summed E-state index contributed by atoms with van der Waals surface area (Å²) in [5.74, 6) is -2.46. The third kappa shape index (κ3) is 6.62. The van der Waals surface area contributed by atoms with Crippen LogP contribution < -0.4 is 15.4 Å². The summed E-state index contributed by atoms with van der Waals surface area (Å²) in [6, 6.07) is 15.5. The van der Waals surface area contributed by atoms with Crippen molar-refractivity contribution in [2.24, 2.45) is 11.8 Å². The van der Waals surface area contributed by atoms with Gasteiger partial charge in [0.1, 0.15) is 29.5 Å². The maximum Gasteiger partial charge on any atom is 0.407 e. The Hall–Kier alpha value is -5.19. The van der Waals surface area contributed by atoms with Gasteiger partial charge in [-0.3, -0.25) is 9.59 Å². The smallest absolute Gasteiger partial charge is 0.407 e. The molecular formula is C37H40N4O7. The summed E-state index contributed by atoms with van der Waals surface area (Å²) >= 11 is 0. The molecule has 2 fully saturated rings. The number of carbonyl (C=O) groups excluding carboxylic acids is 3. The lowest BCUT2D eigenvalue weighted by Crippen LogP contribution is -2.57. The summed E-state index contributed by atoms with van der Waals surface area (Å²) in [4.78, 5) is 59.4. The molecule has 11 heteroatoms. The number of hydrogen-bond donors (Lipinski definition) is 3. The summed E-state index contributed by atoms with van der Waals surface area (Å²) in [5, 5.41) is 16.2. The fourth-order valence-electron chi connectivity index (χ4n) is 6.49. The zero-order chi connectivity index (χ0) is 34.0. The molecule has 0 unspecified atom stereocenters. The summed E-state index contributed by atoms with van der Waals surface area (Å²) in [5.41, 5.74) is 1.79. The molecule has 48 heavy (non-hydrogen) atoms. The highest BCUT2D eigenvalue weighted by atomic mass is 16.5. The number of carboxylic acids is 1. The van der Waals surface area contributed by atoms with E-state index < -0.39 is 53.5 Å². The molecule has 3 heterocycles. The van der Waals surface area contributed by atoms with Crippen LogP contribution in [0.5, 0.6) is 5.75 Å². The molecule has 0 spiro atoms. The molecule has 6 rings (SSSR count). The second-order valence-corrected chi connectivity index (χ2v) is 13.0. The second-order valence-electron chi connectivity index (χ2n) is 13.0. The number of allylic oxidation sites excluding steroid dienone is 1. The van der Waals surface area contributed by atoms with Crippen molar-refractivity contribution < 1.29 is 33.8 Å². The summed E-state index contributed by atoms with van der Waals surface area (Å²) < 4.78 is 12.1. The highest BCUT2D eigenvalue weighted by Crippen LogP contribution is 2.45. The van der Waals surface area contributed by atoms with Crippen LogP contribution >= 0.6 is 0 Å². The van der Waals surface area contributed by atoms with Crippen molar-refractivity contribution in [2.75, 3.05) is 13.2 Å². The molecule has 5 atom stereocenters. The van der Waals surface area contributed by atoms with E-state index in [0.717, 1.165) is 22.0 Å². The van der Waals surface area contributed by atoms with Gasteiger partial charge in [-0.1, -0.05) is 68.5 Å². The highest BCUT2D eigenvalue weighted by Gasteiger charge is 2.61. The van der Waals surface area contributed by atoms with E-state index in [1.165, 1.54) is 11.0 Å². The molecule has 3 aromatic rings. The number of carbonyl (C=O) groups is 4. The maximum absolute atomic E-state index is 14.2. The summed E-state index contributed by atoms with van der Waals surface area (Å²) in [6.45, 7) is 7.49. The van der Waals surface area contributed by atoms with E-state index in [2.05, 4.69) is 17.2 Å². The number of aliphatic carboxylic acids is 1. The standard InChI is InChI=1S/C37H40N4O7/c1-4-25-20-37(25,35(44)45)40-33(42)30-18-26-21-41(30)34(43)32(22(2)3)39-36(46)47-16-10-6-7-11-23-14-15-28-27(17-23)31(48-26)19-29(38-28)24-12-8-5-9-13-24/h4-5,7-9,11-15,17,19,22,25-26,30,32H,1,6,10,16,18,20-21H2,2-3H3,(H,39,46)(H,40,42)(H,44,45)/b11-7+/t25-,26-,30+,32+,37-/m1/s1. The van der Waals surface area contributed by atoms with Crippen LogP contribution in [0.1, 0.15) is 45.1 Å². The van der Waals surface area contributed by atoms with E-state index in [1.807, 2.05) is 66.7 Å². The number of nitrogens with one attached hydrogen (secondary N) is 2. The lowest BCUT2D eigenvalue weighted by molar-refractivity contribution is -0.145. The molecule has 11 nitrogen and oxygen atoms in total. The van der Waals surface area contributed by atoms with Crippen LogP contribution in [-0.2, 0) is 19.1 Å². The third-order valence-corrected chi connectivity index (χ3v) is 9.30. The number of aromatic nitrogens is 1. The number of amides is 3. The largest absolute Gasteiger partial charge is 0.488 e. The van der Waals surface area contributed by atoms with E-state index >= 15 is 0 Å². The average molecular weight is 653 g/mol. The van der Waals surface area contributed by atoms with Crippen molar-refractivity contribution in [3.63, 3.8) is 0 Å². The maximum atomic E-state index is 14.2. The monoisotopic (exact) mass is 652 g/mol. The lowest BCUT2D eigenvalue weighted by atomic mass is 10.0. The zero-order valence-corrected chi connectivity index (χ0v) is 27.1. The Morgan fingerprint density at radius 1 is 1.17 bits per heavy atom. The number of nitrogens with zero attached hydrogens (tertiary/aromatic N) is 2. The van der Waals surface area contributed by atoms with Gasteiger partial charge in [0, 0.05) is 29.4 Å². The van der Waals surface area contributed by atoms with E-state index in [4.69, 9.17) is 14.5 Å². The van der Waals surface area contributed by atoms with Gasteiger partial charge in [0.25, 0.3) is 0 Å². The van der Waals surface area contributed by atoms with Crippen molar-refractivity contribution in [3.8, 4) is 17.0 Å². The molecule has 0 radical (unpaired) electrons. The molecule has 3 aliphatic rings. The highest BCUT2D eigenvalue weighted by molar-refractivity contribution is 5.96. The number of carboxylic acid groups (broad SMARTS) is 1. The molecule has 4 bridgehead atoms. The molecule has 3 N–H and O–H groups in total. The lowest BCUT2D eigenvalue weighted by Gasteiger charge is -2.30. The first kappa shape index (κ1) is 32.7. The van der Waals surface area contributed by atoms with Crippen LogP contribution in [-0.4, -0.2) is 75.7 Å². The normalized spacial score (nSPS) is 26.5. The van der Waals surface area contributed by atoms with Crippen LogP contribution in [0.2, 0.25) is 0 Å². The van der Waals surface area contributed by atoms with Gasteiger partial charge in [-0.05, 0) is 42.9 Å². The number of pyridine rings is 1. The van der Waals surface area contributed by atoms with Crippen molar-refractivity contribution in [1.82, 2.24) is 20.5 Å². The minimum absolute atomic E-state index is 0.0336. The quantitative estimate of drug-likeness (QED) is 0.317. The molecule has 1 aromatic heterocycles. The molecule has 1 aliphatic carbocycles. The van der Waals surface area contributed by atoms with Gasteiger partial charge < -0.3 is 30.1 Å². The SMILES string of the molecule is C=C[C@@H]1C[C@]1(NC(=O)[C@@H]1C[C@@H]2CN1C(=O)[C@H](C(C)C)NC(=O)OCCC/C=C/c1ccc3nc(-c4ccccc4)cc(c3c1)O2)C(=O)O. The number of fused-ring (bicyclic) bond motifs is 3. The Labute approximate surface area is 279 Å². The first-order valence-corrected chi connectivity index (χ1v) is 16.3. The predicted molar refractivity (Wildman–Crippen MR) is 180 cm³/mol. The van der Waals surface area contributed by atoms with Crippen molar-refractivity contribution >= 4 is 40.9 Å². The number of alkyl carbamates (subject to hydrolysis) is 1. The number of benzene rings is 2. The van der Waals surface area contributed by atoms with E-state index in [-0.39, 0.29) is 31.9 Å². The Bertz CT molecular complexity index is 1770. The van der Waals surface area contributed by atoms with Crippen LogP contribution in [0.25, 0.3) is 28.2 Å². The molecule has 3 amide bonds. The fraction of sp³-hybridized carbons (Fsp3) is 0.378.